The zero-order chi connectivity index (χ0) is 15.0. The van der Waals surface area contributed by atoms with Crippen LogP contribution in [0.1, 0.15) is 6.92 Å². The van der Waals surface area contributed by atoms with E-state index in [-0.39, 0.29) is 25.8 Å². The lowest BCUT2D eigenvalue weighted by Crippen LogP contribution is -2.47. The van der Waals surface area contributed by atoms with Crippen LogP contribution in [0.5, 0.6) is 0 Å². The molecule has 0 aromatic heterocycles. The average molecular weight is 283 g/mol. The van der Waals surface area contributed by atoms with Gasteiger partial charge in [0.1, 0.15) is 0 Å². The van der Waals surface area contributed by atoms with Gasteiger partial charge in [0.2, 0.25) is 0 Å². The molecule has 0 bridgehead atoms. The molecule has 1 heterocycles. The molecule has 0 saturated carbocycles. The minimum absolute atomic E-state index is 0.0118. The van der Waals surface area contributed by atoms with E-state index >= 15 is 0 Å². The van der Waals surface area contributed by atoms with E-state index in [2.05, 4.69) is 17.2 Å². The molecule has 7 nitrogen and oxygen atoms in total. The number of esters is 1. The molecule has 1 rings (SSSR count). The highest BCUT2D eigenvalue weighted by molar-refractivity contribution is 5.93. The number of hydrogen-bond acceptors (Lipinski definition) is 5. The standard InChI is InChI=1S/C13H21N3O4/c1-3-5-16(6-7-17)9-11-10(12(18)20-4-2)8-14-13(19)15-11/h3,17H,1,4-9H2,2H3,(H2,14,15,19). The summed E-state index contributed by atoms with van der Waals surface area (Å²) in [6.07, 6.45) is 1.70. The normalized spacial score (nSPS) is 14.8. The highest BCUT2D eigenvalue weighted by Crippen LogP contribution is 2.10. The second-order valence-corrected chi connectivity index (χ2v) is 4.23. The van der Waals surface area contributed by atoms with Crippen LogP contribution in [-0.4, -0.2) is 61.4 Å². The van der Waals surface area contributed by atoms with Gasteiger partial charge in [-0.25, -0.2) is 9.59 Å². The molecule has 7 heteroatoms. The Hall–Kier alpha value is -1.86. The number of nitrogens with zero attached hydrogens (tertiary/aromatic N) is 1. The van der Waals surface area contributed by atoms with E-state index < -0.39 is 5.97 Å². The van der Waals surface area contributed by atoms with E-state index in [0.717, 1.165) is 0 Å². The van der Waals surface area contributed by atoms with Crippen molar-refractivity contribution in [2.75, 3.05) is 39.4 Å². The summed E-state index contributed by atoms with van der Waals surface area (Å²) < 4.78 is 4.97. The summed E-state index contributed by atoms with van der Waals surface area (Å²) in [6, 6.07) is -0.351. The fraction of sp³-hybridized carbons (Fsp3) is 0.538. The number of hydrogen-bond donors (Lipinski definition) is 3. The number of nitrogens with one attached hydrogen (secondary N) is 2. The van der Waals surface area contributed by atoms with E-state index in [4.69, 9.17) is 9.84 Å². The molecule has 20 heavy (non-hydrogen) atoms. The van der Waals surface area contributed by atoms with Gasteiger partial charge in [0.15, 0.2) is 0 Å². The van der Waals surface area contributed by atoms with E-state index in [1.165, 1.54) is 0 Å². The quantitative estimate of drug-likeness (QED) is 0.416. The minimum atomic E-state index is -0.447. The lowest BCUT2D eigenvalue weighted by atomic mass is 10.1. The molecule has 0 aliphatic carbocycles. The predicted octanol–water partition coefficient (Wildman–Crippen LogP) is -0.403. The Morgan fingerprint density at radius 3 is 2.95 bits per heavy atom. The first kappa shape index (κ1) is 16.2. The Kier molecular flexibility index (Phi) is 6.75. The van der Waals surface area contributed by atoms with Crippen LogP contribution in [-0.2, 0) is 9.53 Å². The van der Waals surface area contributed by atoms with Gasteiger partial charge in [0.05, 0.1) is 25.3 Å². The molecule has 1 aliphatic rings. The Bertz CT molecular complexity index is 406. The van der Waals surface area contributed by atoms with E-state index in [9.17, 15) is 9.59 Å². The van der Waals surface area contributed by atoms with Crippen LogP contribution in [0.3, 0.4) is 0 Å². The van der Waals surface area contributed by atoms with E-state index in [1.807, 2.05) is 4.90 Å². The van der Waals surface area contributed by atoms with Gasteiger partial charge >= 0.3 is 12.0 Å². The molecule has 0 aromatic rings. The summed E-state index contributed by atoms with van der Waals surface area (Å²) in [5, 5.41) is 14.2. The lowest BCUT2D eigenvalue weighted by molar-refractivity contribution is -0.138. The third-order valence-electron chi connectivity index (χ3n) is 2.76. The van der Waals surface area contributed by atoms with E-state index in [1.54, 1.807) is 13.0 Å². The number of ether oxygens (including phenoxy) is 1. The minimum Gasteiger partial charge on any atom is -0.463 e. The molecule has 0 unspecified atom stereocenters. The van der Waals surface area contributed by atoms with Gasteiger partial charge in [-0.3, -0.25) is 4.90 Å². The first-order valence-corrected chi connectivity index (χ1v) is 6.50. The number of rotatable bonds is 8. The first-order chi connectivity index (χ1) is 9.62. The summed E-state index contributed by atoms with van der Waals surface area (Å²) in [7, 11) is 0. The van der Waals surface area contributed by atoms with Gasteiger partial charge in [0.25, 0.3) is 0 Å². The maximum Gasteiger partial charge on any atom is 0.337 e. The number of aliphatic hydroxyl groups is 1. The monoisotopic (exact) mass is 283 g/mol. The molecule has 3 N–H and O–H groups in total. The van der Waals surface area contributed by atoms with Gasteiger partial charge in [-0.1, -0.05) is 6.08 Å². The summed E-state index contributed by atoms with van der Waals surface area (Å²) in [5.41, 5.74) is 0.904. The summed E-state index contributed by atoms with van der Waals surface area (Å²) in [6.45, 7) is 7.08. The van der Waals surface area contributed by atoms with E-state index in [0.29, 0.717) is 30.9 Å². The molecule has 2 amide bonds. The van der Waals surface area contributed by atoms with Gasteiger partial charge in [0, 0.05) is 25.3 Å². The Balaban J connectivity index is 2.88. The Labute approximate surface area is 118 Å². The predicted molar refractivity (Wildman–Crippen MR) is 73.9 cm³/mol. The van der Waals surface area contributed by atoms with Crippen molar-refractivity contribution in [2.24, 2.45) is 0 Å². The zero-order valence-corrected chi connectivity index (χ0v) is 11.6. The first-order valence-electron chi connectivity index (χ1n) is 6.50. The fourth-order valence-electron chi connectivity index (χ4n) is 1.86. The molecule has 0 atom stereocenters. The van der Waals surface area contributed by atoms with Crippen LogP contribution in [0.15, 0.2) is 23.9 Å². The molecule has 0 radical (unpaired) electrons. The maximum atomic E-state index is 11.9. The van der Waals surface area contributed by atoms with Crippen LogP contribution in [0.25, 0.3) is 0 Å². The number of amides is 2. The van der Waals surface area contributed by atoms with Crippen LogP contribution < -0.4 is 10.6 Å². The summed E-state index contributed by atoms with van der Waals surface area (Å²) in [5.74, 6) is -0.447. The Morgan fingerprint density at radius 1 is 1.60 bits per heavy atom. The molecule has 112 valence electrons. The third-order valence-corrected chi connectivity index (χ3v) is 2.76. The second-order valence-electron chi connectivity index (χ2n) is 4.23. The number of aliphatic hydroxyl groups excluding tert-OH is 1. The number of urea groups is 1. The highest BCUT2D eigenvalue weighted by atomic mass is 16.5. The summed E-state index contributed by atoms with van der Waals surface area (Å²) in [4.78, 5) is 25.1. The average Bonchev–Trinajstić information content (AvgIpc) is 2.39. The third kappa shape index (κ3) is 4.67. The molecule has 0 aromatic carbocycles. The van der Waals surface area contributed by atoms with Gasteiger partial charge in [-0.15, -0.1) is 6.58 Å². The largest absolute Gasteiger partial charge is 0.463 e. The van der Waals surface area contributed by atoms with Crippen molar-refractivity contribution >= 4 is 12.0 Å². The summed E-state index contributed by atoms with van der Waals surface area (Å²) >= 11 is 0. The van der Waals surface area contributed by atoms with Crippen molar-refractivity contribution in [3.05, 3.63) is 23.9 Å². The molecule has 1 aliphatic heterocycles. The van der Waals surface area contributed by atoms with Crippen LogP contribution in [0, 0.1) is 0 Å². The highest BCUT2D eigenvalue weighted by Gasteiger charge is 2.24. The molecule has 0 spiro atoms. The van der Waals surface area contributed by atoms with Crippen molar-refractivity contribution < 1.29 is 19.4 Å². The maximum absolute atomic E-state index is 11.9. The number of carbonyl (C=O) groups is 2. The zero-order valence-electron chi connectivity index (χ0n) is 11.6. The van der Waals surface area contributed by atoms with Gasteiger partial charge in [-0.05, 0) is 6.92 Å². The SMILES string of the molecule is C=CCN(CCO)CC1=C(C(=O)OCC)CNC(=O)N1. The molecule has 0 fully saturated rings. The van der Waals surface area contributed by atoms with Gasteiger partial charge < -0.3 is 20.5 Å². The van der Waals surface area contributed by atoms with Crippen LogP contribution in [0.2, 0.25) is 0 Å². The second kappa shape index (κ2) is 8.34. The smallest absolute Gasteiger partial charge is 0.337 e. The topological polar surface area (TPSA) is 90.9 Å². The molecular formula is C13H21N3O4. The lowest BCUT2D eigenvalue weighted by Gasteiger charge is -2.26. The van der Waals surface area contributed by atoms with Crippen molar-refractivity contribution in [3.63, 3.8) is 0 Å². The molecular weight excluding hydrogens is 262 g/mol. The van der Waals surface area contributed by atoms with Crippen LogP contribution in [0.4, 0.5) is 4.79 Å². The number of carbonyl (C=O) groups excluding carboxylic acids is 2. The van der Waals surface area contributed by atoms with Gasteiger partial charge in [-0.2, -0.15) is 0 Å². The fourth-order valence-corrected chi connectivity index (χ4v) is 1.86. The van der Waals surface area contributed by atoms with Crippen LogP contribution >= 0.6 is 0 Å². The van der Waals surface area contributed by atoms with Crippen molar-refractivity contribution in [1.29, 1.82) is 0 Å². The van der Waals surface area contributed by atoms with Crippen molar-refractivity contribution in [1.82, 2.24) is 15.5 Å². The van der Waals surface area contributed by atoms with Crippen molar-refractivity contribution in [2.45, 2.75) is 6.92 Å². The van der Waals surface area contributed by atoms with Crippen molar-refractivity contribution in [3.8, 4) is 0 Å². The molecule has 0 saturated heterocycles. The Morgan fingerprint density at radius 2 is 2.35 bits per heavy atom.